The maximum absolute atomic E-state index is 13.1. The standard InChI is InChI=1S/C28H43N5O4S/c1-27(2)17-19-10-12-28(27,22(34)16-19)18-38(35,36)30-13-6-7-14-33-23(11-15-37-3)32-24-25(33)20-8-4-5-9-21(20)31-26(24)29/h19,30H,4-18H2,1-3H3,(H2,29,31)/t19?,28-/m0/s1. The van der Waals surface area contributed by atoms with Gasteiger partial charge in [0.2, 0.25) is 10.0 Å². The molecule has 0 radical (unpaired) electrons. The first-order chi connectivity index (χ1) is 18.1. The van der Waals surface area contributed by atoms with Gasteiger partial charge in [0.15, 0.2) is 5.82 Å². The number of unbranched alkanes of at least 4 members (excludes halogenated alkanes) is 1. The number of carbonyl (C=O) groups is 1. The number of nitrogens with one attached hydrogen (secondary N) is 1. The number of hydrogen-bond acceptors (Lipinski definition) is 7. The molecular weight excluding hydrogens is 502 g/mol. The highest BCUT2D eigenvalue weighted by atomic mass is 32.2. The molecule has 3 fully saturated rings. The molecule has 3 N–H and O–H groups in total. The van der Waals surface area contributed by atoms with E-state index < -0.39 is 15.4 Å². The first-order valence-electron chi connectivity index (χ1n) is 14.2. The molecule has 0 saturated heterocycles. The number of Topliss-reactive ketones (excluding diaryl/α,β-unsaturated/α-hetero) is 1. The Labute approximate surface area is 226 Å². The summed E-state index contributed by atoms with van der Waals surface area (Å²) < 4.78 is 36.7. The molecule has 2 aromatic heterocycles. The summed E-state index contributed by atoms with van der Waals surface area (Å²) >= 11 is 0. The van der Waals surface area contributed by atoms with E-state index in [2.05, 4.69) is 28.1 Å². The SMILES string of the molecule is COCCc1nc2c(N)nc3c(c2n1CCCCNS(=O)(=O)C[C@@]12CCC(CC1=O)CC2(C)C)CCCC3. The van der Waals surface area contributed by atoms with Crippen molar-refractivity contribution in [2.24, 2.45) is 16.7 Å². The van der Waals surface area contributed by atoms with Crippen LogP contribution in [-0.2, 0) is 45.4 Å². The van der Waals surface area contributed by atoms with Crippen molar-refractivity contribution in [1.82, 2.24) is 19.3 Å². The van der Waals surface area contributed by atoms with E-state index in [1.807, 2.05) is 0 Å². The van der Waals surface area contributed by atoms with Crippen molar-refractivity contribution < 1.29 is 17.9 Å². The molecule has 38 heavy (non-hydrogen) atoms. The van der Waals surface area contributed by atoms with Crippen LogP contribution in [0.2, 0.25) is 0 Å². The second-order valence-corrected chi connectivity index (χ2v) is 14.1. The summed E-state index contributed by atoms with van der Waals surface area (Å²) in [6.07, 6.45) is 9.45. The lowest BCUT2D eigenvalue weighted by Gasteiger charge is -2.55. The van der Waals surface area contributed by atoms with Gasteiger partial charge in [-0.25, -0.2) is 23.1 Å². The summed E-state index contributed by atoms with van der Waals surface area (Å²) in [6.45, 7) is 5.80. The highest BCUT2D eigenvalue weighted by Crippen LogP contribution is 2.59. The number of hydrogen-bond donors (Lipinski definition) is 2. The van der Waals surface area contributed by atoms with Gasteiger partial charge in [-0.3, -0.25) is 4.79 Å². The van der Waals surface area contributed by atoms with Crippen LogP contribution in [0.25, 0.3) is 11.0 Å². The number of ether oxygens (including phenoxy) is 1. The van der Waals surface area contributed by atoms with Crippen molar-refractivity contribution in [2.75, 3.05) is 31.7 Å². The van der Waals surface area contributed by atoms with E-state index in [4.69, 9.17) is 15.5 Å². The minimum absolute atomic E-state index is 0.0930. The monoisotopic (exact) mass is 545 g/mol. The zero-order valence-corrected chi connectivity index (χ0v) is 24.0. The number of pyridine rings is 1. The number of nitrogens with zero attached hydrogens (tertiary/aromatic N) is 3. The lowest BCUT2D eigenvalue weighted by Crippen LogP contribution is -2.58. The first-order valence-corrected chi connectivity index (χ1v) is 15.9. The van der Waals surface area contributed by atoms with Gasteiger partial charge in [-0.05, 0) is 74.7 Å². The van der Waals surface area contributed by atoms with Crippen molar-refractivity contribution in [3.05, 3.63) is 17.1 Å². The fraction of sp³-hybridized carbons (Fsp3) is 0.750. The third-order valence-corrected chi connectivity index (χ3v) is 11.0. The molecule has 0 spiro atoms. The lowest BCUT2D eigenvalue weighted by atomic mass is 9.49. The van der Waals surface area contributed by atoms with Crippen LogP contribution < -0.4 is 10.5 Å². The van der Waals surface area contributed by atoms with E-state index in [-0.39, 0.29) is 17.0 Å². The largest absolute Gasteiger partial charge is 0.384 e. The summed E-state index contributed by atoms with van der Waals surface area (Å²) in [5, 5.41) is 0. The Balaban J connectivity index is 1.26. The Morgan fingerprint density at radius 3 is 2.71 bits per heavy atom. The molecule has 2 atom stereocenters. The Morgan fingerprint density at radius 1 is 1.18 bits per heavy atom. The van der Waals surface area contributed by atoms with Crippen molar-refractivity contribution in [3.63, 3.8) is 0 Å². The first kappa shape index (κ1) is 27.5. The smallest absolute Gasteiger partial charge is 0.212 e. The second-order valence-electron chi connectivity index (χ2n) is 12.3. The van der Waals surface area contributed by atoms with Gasteiger partial charge in [-0.2, -0.15) is 0 Å². The minimum Gasteiger partial charge on any atom is -0.384 e. The van der Waals surface area contributed by atoms with Crippen LogP contribution in [-0.4, -0.2) is 54.8 Å². The van der Waals surface area contributed by atoms with Crippen LogP contribution >= 0.6 is 0 Å². The number of rotatable bonds is 11. The summed E-state index contributed by atoms with van der Waals surface area (Å²) in [5.74, 6) is 1.88. The summed E-state index contributed by atoms with van der Waals surface area (Å²) in [6, 6.07) is 0. The molecule has 210 valence electrons. The zero-order chi connectivity index (χ0) is 27.1. The molecule has 2 heterocycles. The summed E-state index contributed by atoms with van der Waals surface area (Å²) in [7, 11) is -1.88. The Bertz CT molecular complexity index is 1320. The van der Waals surface area contributed by atoms with Crippen LogP contribution in [0.1, 0.15) is 82.3 Å². The maximum Gasteiger partial charge on any atom is 0.212 e. The third kappa shape index (κ3) is 4.99. The van der Waals surface area contributed by atoms with Crippen molar-refractivity contribution in [3.8, 4) is 0 Å². The van der Waals surface area contributed by atoms with Gasteiger partial charge in [0.1, 0.15) is 17.1 Å². The molecule has 0 aliphatic heterocycles. The number of sulfonamides is 1. The average molecular weight is 546 g/mol. The number of carbonyl (C=O) groups excluding carboxylic acids is 1. The molecule has 0 amide bonds. The molecule has 2 bridgehead atoms. The van der Waals surface area contributed by atoms with Crippen molar-refractivity contribution in [1.29, 1.82) is 0 Å². The Morgan fingerprint density at radius 2 is 1.97 bits per heavy atom. The quantitative estimate of drug-likeness (QED) is 0.413. The predicted octanol–water partition coefficient (Wildman–Crippen LogP) is 3.57. The highest BCUT2D eigenvalue weighted by molar-refractivity contribution is 7.89. The number of aromatic nitrogens is 3. The number of methoxy groups -OCH3 is 1. The van der Waals surface area contributed by atoms with Crippen molar-refractivity contribution >= 4 is 32.7 Å². The Hall–Kier alpha value is -2.04. The molecule has 10 heteroatoms. The topological polar surface area (TPSA) is 129 Å². The van der Waals surface area contributed by atoms with E-state index in [1.165, 1.54) is 5.56 Å². The molecule has 6 rings (SSSR count). The van der Waals surface area contributed by atoms with Gasteiger partial charge in [0.05, 0.1) is 17.9 Å². The molecule has 1 unspecified atom stereocenters. The number of fused-ring (bicyclic) bond motifs is 6. The van der Waals surface area contributed by atoms with E-state index in [1.54, 1.807) is 7.11 Å². The molecule has 4 aliphatic rings. The van der Waals surface area contributed by atoms with Gasteiger partial charge < -0.3 is 15.0 Å². The summed E-state index contributed by atoms with van der Waals surface area (Å²) in [5.41, 5.74) is 9.49. The maximum atomic E-state index is 13.1. The van der Waals surface area contributed by atoms with E-state index >= 15 is 0 Å². The predicted molar refractivity (Wildman–Crippen MR) is 148 cm³/mol. The number of nitrogen functional groups attached to an aromatic ring is 1. The molecule has 2 aromatic rings. The molecule has 0 aromatic carbocycles. The normalized spacial score (nSPS) is 24.7. The Kier molecular flexibility index (Phi) is 7.61. The second kappa shape index (κ2) is 10.5. The fourth-order valence-corrected chi connectivity index (χ4v) is 9.28. The lowest BCUT2D eigenvalue weighted by molar-refractivity contribution is -0.149. The van der Waals surface area contributed by atoms with Gasteiger partial charge in [-0.1, -0.05) is 13.8 Å². The van der Waals surface area contributed by atoms with Gasteiger partial charge in [-0.15, -0.1) is 0 Å². The number of imidazole rings is 1. The van der Waals surface area contributed by atoms with E-state index in [0.29, 0.717) is 50.6 Å². The number of anilines is 1. The van der Waals surface area contributed by atoms with Crippen LogP contribution in [0, 0.1) is 16.7 Å². The minimum atomic E-state index is -3.57. The van der Waals surface area contributed by atoms with Gasteiger partial charge in [0.25, 0.3) is 0 Å². The number of aryl methyl sites for hydroxylation is 3. The third-order valence-electron chi connectivity index (χ3n) is 9.45. The fourth-order valence-electron chi connectivity index (χ4n) is 7.38. The van der Waals surface area contributed by atoms with Gasteiger partial charge >= 0.3 is 0 Å². The van der Waals surface area contributed by atoms with Crippen molar-refractivity contribution in [2.45, 2.75) is 91.0 Å². The van der Waals surface area contributed by atoms with Crippen LogP contribution in [0.3, 0.4) is 0 Å². The molecular formula is C28H43N5O4S. The molecule has 9 nitrogen and oxygen atoms in total. The van der Waals surface area contributed by atoms with Crippen LogP contribution in [0.15, 0.2) is 0 Å². The molecule has 3 saturated carbocycles. The van der Waals surface area contributed by atoms with Gasteiger partial charge in [0, 0.05) is 44.1 Å². The molecule has 4 aliphatic carbocycles. The van der Waals surface area contributed by atoms with E-state index in [9.17, 15) is 13.2 Å². The number of ketones is 1. The van der Waals surface area contributed by atoms with Crippen LogP contribution in [0.5, 0.6) is 0 Å². The van der Waals surface area contributed by atoms with E-state index in [0.717, 1.165) is 74.0 Å². The average Bonchev–Trinajstić information content (AvgIpc) is 3.22. The number of nitrogens with two attached hydrogens (primary N) is 1. The van der Waals surface area contributed by atoms with Crippen LogP contribution in [0.4, 0.5) is 5.82 Å². The highest BCUT2D eigenvalue weighted by Gasteiger charge is 2.59. The zero-order valence-electron chi connectivity index (χ0n) is 23.1. The summed E-state index contributed by atoms with van der Waals surface area (Å²) in [4.78, 5) is 22.5.